The van der Waals surface area contributed by atoms with Gasteiger partial charge in [-0.25, -0.2) is 5.43 Å². The maximum Gasteiger partial charge on any atom is 0.277 e. The second-order valence-corrected chi connectivity index (χ2v) is 5.78. The Bertz CT molecular complexity index is 756. The summed E-state index contributed by atoms with van der Waals surface area (Å²) < 4.78 is 5.53. The molecule has 0 aliphatic heterocycles. The van der Waals surface area contributed by atoms with Crippen LogP contribution >= 0.6 is 0 Å². The Balaban J connectivity index is 1.50. The third kappa shape index (κ3) is 4.13. The standard InChI is InChI=1S/C19H20N2O3/c22-18-8-4-3-7-16(18)12-20-21-19(23)13-24-17-10-9-14-5-1-2-6-15(14)11-17/h3-4,7-12,22H,1-2,5-6,13H2,(H,21,23)/b20-12+. The van der Waals surface area contributed by atoms with Crippen LogP contribution in [0.2, 0.25) is 0 Å². The van der Waals surface area contributed by atoms with Crippen molar-refractivity contribution in [1.29, 1.82) is 0 Å². The van der Waals surface area contributed by atoms with Crippen LogP contribution in [0.1, 0.15) is 29.5 Å². The smallest absolute Gasteiger partial charge is 0.277 e. The molecule has 0 atom stereocenters. The molecule has 5 heteroatoms. The molecule has 124 valence electrons. The molecule has 0 saturated heterocycles. The zero-order valence-corrected chi connectivity index (χ0v) is 13.4. The van der Waals surface area contributed by atoms with E-state index in [1.807, 2.05) is 12.1 Å². The van der Waals surface area contributed by atoms with Gasteiger partial charge in [-0.1, -0.05) is 18.2 Å². The number of fused-ring (bicyclic) bond motifs is 1. The van der Waals surface area contributed by atoms with Crippen LogP contribution in [-0.4, -0.2) is 23.8 Å². The van der Waals surface area contributed by atoms with Gasteiger partial charge >= 0.3 is 0 Å². The van der Waals surface area contributed by atoms with E-state index in [0.717, 1.165) is 12.8 Å². The highest BCUT2D eigenvalue weighted by Crippen LogP contribution is 2.25. The topological polar surface area (TPSA) is 70.9 Å². The lowest BCUT2D eigenvalue weighted by atomic mass is 9.92. The van der Waals surface area contributed by atoms with E-state index in [0.29, 0.717) is 11.3 Å². The van der Waals surface area contributed by atoms with Crippen molar-refractivity contribution >= 4 is 12.1 Å². The Morgan fingerprint density at radius 2 is 1.96 bits per heavy atom. The molecule has 0 unspecified atom stereocenters. The summed E-state index contributed by atoms with van der Waals surface area (Å²) in [4.78, 5) is 11.8. The van der Waals surface area contributed by atoms with Crippen molar-refractivity contribution in [3.05, 3.63) is 59.2 Å². The van der Waals surface area contributed by atoms with Crippen molar-refractivity contribution in [2.24, 2.45) is 5.10 Å². The quantitative estimate of drug-likeness (QED) is 0.656. The molecule has 0 bridgehead atoms. The van der Waals surface area contributed by atoms with Crippen LogP contribution in [-0.2, 0) is 17.6 Å². The second-order valence-electron chi connectivity index (χ2n) is 5.78. The average Bonchev–Trinajstić information content (AvgIpc) is 2.61. The largest absolute Gasteiger partial charge is 0.507 e. The Kier molecular flexibility index (Phi) is 5.11. The Morgan fingerprint density at radius 1 is 1.17 bits per heavy atom. The van der Waals surface area contributed by atoms with Crippen molar-refractivity contribution in [1.82, 2.24) is 5.43 Å². The van der Waals surface area contributed by atoms with Gasteiger partial charge in [0.1, 0.15) is 11.5 Å². The molecule has 0 spiro atoms. The summed E-state index contributed by atoms with van der Waals surface area (Å²) in [6.07, 6.45) is 6.04. The molecule has 0 radical (unpaired) electrons. The number of ether oxygens (including phenoxy) is 1. The summed E-state index contributed by atoms with van der Waals surface area (Å²) in [5.74, 6) is 0.468. The third-order valence-corrected chi connectivity index (χ3v) is 4.02. The van der Waals surface area contributed by atoms with Gasteiger partial charge in [-0.05, 0) is 61.1 Å². The highest BCUT2D eigenvalue weighted by molar-refractivity contribution is 5.85. The van der Waals surface area contributed by atoms with Gasteiger partial charge in [0.15, 0.2) is 6.61 Å². The number of rotatable bonds is 5. The zero-order chi connectivity index (χ0) is 16.8. The van der Waals surface area contributed by atoms with E-state index in [4.69, 9.17) is 4.74 Å². The predicted octanol–water partition coefficient (Wildman–Crippen LogP) is 2.80. The van der Waals surface area contributed by atoms with Crippen molar-refractivity contribution in [2.45, 2.75) is 25.7 Å². The lowest BCUT2D eigenvalue weighted by molar-refractivity contribution is -0.123. The Morgan fingerprint density at radius 3 is 2.79 bits per heavy atom. The molecule has 5 nitrogen and oxygen atoms in total. The fourth-order valence-corrected chi connectivity index (χ4v) is 2.75. The number of phenolic OH excluding ortho intramolecular Hbond substituents is 1. The molecule has 0 fully saturated rings. The number of aryl methyl sites for hydroxylation is 2. The van der Waals surface area contributed by atoms with Crippen molar-refractivity contribution < 1.29 is 14.6 Å². The first-order chi connectivity index (χ1) is 11.7. The number of amides is 1. The number of phenols is 1. The maximum atomic E-state index is 11.8. The first-order valence-electron chi connectivity index (χ1n) is 8.07. The van der Waals surface area contributed by atoms with E-state index in [1.165, 1.54) is 30.2 Å². The highest BCUT2D eigenvalue weighted by Gasteiger charge is 2.10. The monoisotopic (exact) mass is 324 g/mol. The van der Waals surface area contributed by atoms with Gasteiger partial charge in [-0.2, -0.15) is 5.10 Å². The van der Waals surface area contributed by atoms with Gasteiger partial charge in [0.05, 0.1) is 6.21 Å². The number of hydrogen-bond donors (Lipinski definition) is 2. The summed E-state index contributed by atoms with van der Waals surface area (Å²) in [7, 11) is 0. The Labute approximate surface area is 141 Å². The fraction of sp³-hybridized carbons (Fsp3) is 0.263. The molecule has 2 aromatic carbocycles. The number of hydrazone groups is 1. The lowest BCUT2D eigenvalue weighted by Gasteiger charge is -2.16. The van der Waals surface area contributed by atoms with E-state index < -0.39 is 0 Å². The van der Waals surface area contributed by atoms with Crippen LogP contribution in [0.4, 0.5) is 0 Å². The first kappa shape index (κ1) is 16.1. The molecule has 0 aromatic heterocycles. The average molecular weight is 324 g/mol. The van der Waals surface area contributed by atoms with Gasteiger partial charge in [0, 0.05) is 5.56 Å². The SMILES string of the molecule is O=C(COc1ccc2c(c1)CCCC2)N/N=C/c1ccccc1O. The van der Waals surface area contributed by atoms with Crippen molar-refractivity contribution in [3.8, 4) is 11.5 Å². The Hall–Kier alpha value is -2.82. The van der Waals surface area contributed by atoms with Crippen LogP contribution in [0, 0.1) is 0 Å². The minimum absolute atomic E-state index is 0.100. The number of para-hydroxylation sites is 1. The molecule has 0 heterocycles. The van der Waals surface area contributed by atoms with E-state index in [2.05, 4.69) is 16.6 Å². The molecular weight excluding hydrogens is 304 g/mol. The summed E-state index contributed by atoms with van der Waals surface area (Å²) in [6, 6.07) is 12.8. The molecule has 24 heavy (non-hydrogen) atoms. The van der Waals surface area contributed by atoms with Crippen molar-refractivity contribution in [2.75, 3.05) is 6.61 Å². The number of nitrogens with one attached hydrogen (secondary N) is 1. The van der Waals surface area contributed by atoms with Crippen LogP contribution < -0.4 is 10.2 Å². The number of aromatic hydroxyl groups is 1. The van der Waals surface area contributed by atoms with Crippen LogP contribution in [0.3, 0.4) is 0 Å². The molecule has 2 aromatic rings. The van der Waals surface area contributed by atoms with E-state index >= 15 is 0 Å². The third-order valence-electron chi connectivity index (χ3n) is 4.02. The summed E-state index contributed by atoms with van der Waals surface area (Å²) in [5, 5.41) is 13.4. The molecule has 2 N–H and O–H groups in total. The van der Waals surface area contributed by atoms with E-state index in [1.54, 1.807) is 24.3 Å². The van der Waals surface area contributed by atoms with Crippen LogP contribution in [0.5, 0.6) is 11.5 Å². The first-order valence-corrected chi connectivity index (χ1v) is 8.07. The number of carbonyl (C=O) groups is 1. The second kappa shape index (κ2) is 7.64. The van der Waals surface area contributed by atoms with Crippen LogP contribution in [0.25, 0.3) is 0 Å². The van der Waals surface area contributed by atoms with E-state index in [9.17, 15) is 9.90 Å². The highest BCUT2D eigenvalue weighted by atomic mass is 16.5. The molecule has 1 aliphatic rings. The van der Waals surface area contributed by atoms with Gasteiger partial charge in [0.25, 0.3) is 5.91 Å². The fourth-order valence-electron chi connectivity index (χ4n) is 2.75. The molecule has 1 aliphatic carbocycles. The van der Waals surface area contributed by atoms with Gasteiger partial charge in [-0.15, -0.1) is 0 Å². The zero-order valence-electron chi connectivity index (χ0n) is 13.4. The summed E-state index contributed by atoms with van der Waals surface area (Å²) in [5.41, 5.74) is 5.62. The number of benzene rings is 2. The number of carbonyl (C=O) groups excluding carboxylic acids is 1. The van der Waals surface area contributed by atoms with Crippen LogP contribution in [0.15, 0.2) is 47.6 Å². The van der Waals surface area contributed by atoms with Gasteiger partial charge < -0.3 is 9.84 Å². The molecule has 1 amide bonds. The minimum Gasteiger partial charge on any atom is -0.507 e. The number of nitrogens with zero attached hydrogens (tertiary/aromatic N) is 1. The van der Waals surface area contributed by atoms with Crippen molar-refractivity contribution in [3.63, 3.8) is 0 Å². The maximum absolute atomic E-state index is 11.8. The summed E-state index contributed by atoms with van der Waals surface area (Å²) >= 11 is 0. The lowest BCUT2D eigenvalue weighted by Crippen LogP contribution is -2.24. The molecule has 3 rings (SSSR count). The minimum atomic E-state index is -0.348. The summed E-state index contributed by atoms with van der Waals surface area (Å²) in [6.45, 7) is -0.100. The van der Waals surface area contributed by atoms with Gasteiger partial charge in [-0.3, -0.25) is 4.79 Å². The van der Waals surface area contributed by atoms with Gasteiger partial charge in [0.2, 0.25) is 0 Å². The molecule has 0 saturated carbocycles. The predicted molar refractivity (Wildman–Crippen MR) is 92.4 cm³/mol. The normalized spacial score (nSPS) is 13.5. The van der Waals surface area contributed by atoms with E-state index in [-0.39, 0.29) is 18.3 Å². The number of hydrogen-bond acceptors (Lipinski definition) is 4. The molecular formula is C19H20N2O3.